The summed E-state index contributed by atoms with van der Waals surface area (Å²) in [5.41, 5.74) is 1.35. The minimum Gasteiger partial charge on any atom is -0.465 e. The van der Waals surface area contributed by atoms with Gasteiger partial charge in [0.15, 0.2) is 0 Å². The number of pyridine rings is 1. The molecule has 0 spiro atoms. The molecule has 1 aromatic heterocycles. The molecule has 5 heteroatoms. The quantitative estimate of drug-likeness (QED) is 0.816. The molecule has 0 atom stereocenters. The van der Waals surface area contributed by atoms with Crippen LogP contribution in [0, 0.1) is 0 Å². The molecule has 0 aliphatic carbocycles. The molecule has 0 fully saturated rings. The number of hydrogen-bond acceptors (Lipinski definition) is 3. The minimum atomic E-state index is -0.369. The normalized spacial score (nSPS) is 10.2. The van der Waals surface area contributed by atoms with Crippen molar-refractivity contribution in [3.63, 3.8) is 0 Å². The fourth-order valence-corrected chi connectivity index (χ4v) is 2.07. The zero-order valence-electron chi connectivity index (χ0n) is 10.3. The summed E-state index contributed by atoms with van der Waals surface area (Å²) in [6, 6.07) is 10.5. The fraction of sp³-hybridized carbons (Fsp3) is 0.143. The van der Waals surface area contributed by atoms with Gasteiger partial charge >= 0.3 is 5.97 Å². The third-order valence-corrected chi connectivity index (χ3v) is 3.31. The van der Waals surface area contributed by atoms with Gasteiger partial charge in [-0.3, -0.25) is 4.79 Å². The van der Waals surface area contributed by atoms with E-state index >= 15 is 0 Å². The maximum absolute atomic E-state index is 11.8. The van der Waals surface area contributed by atoms with Crippen molar-refractivity contribution in [3.05, 3.63) is 68.5 Å². The predicted molar refractivity (Wildman–Crippen MR) is 75.3 cm³/mol. The molecule has 1 aromatic carbocycles. The van der Waals surface area contributed by atoms with Gasteiger partial charge in [0, 0.05) is 6.20 Å². The van der Waals surface area contributed by atoms with E-state index in [0.29, 0.717) is 16.6 Å². The zero-order chi connectivity index (χ0) is 13.8. The number of carbonyl (C=O) groups is 1. The van der Waals surface area contributed by atoms with Crippen LogP contribution in [0.1, 0.15) is 15.9 Å². The second kappa shape index (κ2) is 5.84. The summed E-state index contributed by atoms with van der Waals surface area (Å²) < 4.78 is 6.75. The smallest absolute Gasteiger partial charge is 0.337 e. The Balaban J connectivity index is 2.22. The number of rotatable bonds is 3. The first-order chi connectivity index (χ1) is 9.11. The van der Waals surface area contributed by atoms with Gasteiger partial charge in [-0.25, -0.2) is 4.79 Å². The van der Waals surface area contributed by atoms with Crippen molar-refractivity contribution in [2.45, 2.75) is 6.54 Å². The largest absolute Gasteiger partial charge is 0.465 e. The van der Waals surface area contributed by atoms with Gasteiger partial charge in [-0.1, -0.05) is 12.1 Å². The molecule has 0 saturated heterocycles. The van der Waals surface area contributed by atoms with E-state index in [2.05, 4.69) is 20.7 Å². The van der Waals surface area contributed by atoms with Crippen molar-refractivity contribution in [3.8, 4) is 0 Å². The Morgan fingerprint density at radius 3 is 2.58 bits per heavy atom. The number of esters is 1. The highest BCUT2D eigenvalue weighted by Crippen LogP contribution is 2.08. The Bertz CT molecular complexity index is 646. The summed E-state index contributed by atoms with van der Waals surface area (Å²) in [5, 5.41) is 0. The average molecular weight is 322 g/mol. The van der Waals surface area contributed by atoms with Gasteiger partial charge in [0.1, 0.15) is 0 Å². The second-order valence-corrected chi connectivity index (χ2v) is 4.83. The van der Waals surface area contributed by atoms with Crippen LogP contribution in [0.25, 0.3) is 0 Å². The summed E-state index contributed by atoms with van der Waals surface area (Å²) in [7, 11) is 1.34. The summed E-state index contributed by atoms with van der Waals surface area (Å²) >= 11 is 3.20. The first-order valence-electron chi connectivity index (χ1n) is 5.64. The van der Waals surface area contributed by atoms with Crippen LogP contribution in [0.3, 0.4) is 0 Å². The van der Waals surface area contributed by atoms with Crippen LogP contribution in [-0.2, 0) is 11.3 Å². The third-order valence-electron chi connectivity index (χ3n) is 2.70. The van der Waals surface area contributed by atoms with Crippen LogP contribution >= 0.6 is 15.9 Å². The maximum Gasteiger partial charge on any atom is 0.337 e. The van der Waals surface area contributed by atoms with Gasteiger partial charge in [-0.2, -0.15) is 0 Å². The van der Waals surface area contributed by atoms with E-state index in [-0.39, 0.29) is 11.5 Å². The Hall–Kier alpha value is -1.88. The van der Waals surface area contributed by atoms with Gasteiger partial charge in [0.2, 0.25) is 0 Å². The van der Waals surface area contributed by atoms with Crippen molar-refractivity contribution in [2.24, 2.45) is 0 Å². The van der Waals surface area contributed by atoms with Crippen LogP contribution < -0.4 is 5.56 Å². The molecule has 98 valence electrons. The van der Waals surface area contributed by atoms with Crippen LogP contribution in [0.5, 0.6) is 0 Å². The van der Waals surface area contributed by atoms with Crippen LogP contribution in [-0.4, -0.2) is 17.6 Å². The van der Waals surface area contributed by atoms with Gasteiger partial charge in [0.05, 0.1) is 23.7 Å². The molecule has 0 saturated carbocycles. The van der Waals surface area contributed by atoms with Crippen molar-refractivity contribution in [1.29, 1.82) is 0 Å². The lowest BCUT2D eigenvalue weighted by atomic mass is 10.1. The highest BCUT2D eigenvalue weighted by atomic mass is 79.9. The summed E-state index contributed by atoms with van der Waals surface area (Å²) in [4.78, 5) is 23.1. The molecule has 0 radical (unpaired) electrons. The Morgan fingerprint density at radius 1 is 1.26 bits per heavy atom. The van der Waals surface area contributed by atoms with E-state index in [0.717, 1.165) is 5.56 Å². The summed E-state index contributed by atoms with van der Waals surface area (Å²) in [5.74, 6) is -0.369. The fourth-order valence-electron chi connectivity index (χ4n) is 1.69. The van der Waals surface area contributed by atoms with Gasteiger partial charge in [-0.05, 0) is 45.8 Å². The summed E-state index contributed by atoms with van der Waals surface area (Å²) in [6.07, 6.45) is 1.72. The first kappa shape index (κ1) is 13.5. The number of aromatic nitrogens is 1. The Kier molecular flexibility index (Phi) is 4.16. The number of halogens is 1. The minimum absolute atomic E-state index is 0.0838. The van der Waals surface area contributed by atoms with E-state index in [1.165, 1.54) is 7.11 Å². The first-order valence-corrected chi connectivity index (χ1v) is 6.43. The number of methoxy groups -OCH3 is 1. The van der Waals surface area contributed by atoms with Crippen molar-refractivity contribution in [1.82, 2.24) is 4.57 Å². The van der Waals surface area contributed by atoms with Crippen LogP contribution in [0.4, 0.5) is 0 Å². The highest BCUT2D eigenvalue weighted by molar-refractivity contribution is 9.10. The summed E-state index contributed by atoms with van der Waals surface area (Å²) in [6.45, 7) is 0.458. The standard InChI is InChI=1S/C14H12BrNO3/c1-19-14(18)11-6-4-10(5-7-11)9-16-8-2-3-12(15)13(16)17/h2-8H,9H2,1H3. The molecule has 0 bridgehead atoms. The lowest BCUT2D eigenvalue weighted by Crippen LogP contribution is -2.20. The lowest BCUT2D eigenvalue weighted by molar-refractivity contribution is 0.0600. The topological polar surface area (TPSA) is 48.3 Å². The molecular formula is C14H12BrNO3. The second-order valence-electron chi connectivity index (χ2n) is 3.98. The molecule has 0 N–H and O–H groups in total. The van der Waals surface area contributed by atoms with E-state index in [1.54, 1.807) is 47.2 Å². The SMILES string of the molecule is COC(=O)c1ccc(Cn2cccc(Br)c2=O)cc1. The molecule has 2 aromatic rings. The Morgan fingerprint density at radius 2 is 1.95 bits per heavy atom. The predicted octanol–water partition coefficient (Wildman–Crippen LogP) is 2.45. The molecule has 19 heavy (non-hydrogen) atoms. The molecule has 4 nitrogen and oxygen atoms in total. The van der Waals surface area contributed by atoms with E-state index in [1.807, 2.05) is 0 Å². The molecule has 0 aliphatic rings. The molecular weight excluding hydrogens is 310 g/mol. The van der Waals surface area contributed by atoms with Crippen LogP contribution in [0.2, 0.25) is 0 Å². The average Bonchev–Trinajstić information content (AvgIpc) is 2.44. The van der Waals surface area contributed by atoms with Gasteiger partial charge in [-0.15, -0.1) is 0 Å². The number of benzene rings is 1. The van der Waals surface area contributed by atoms with Crippen LogP contribution in [0.15, 0.2) is 51.9 Å². The monoisotopic (exact) mass is 321 g/mol. The Labute approximate surface area is 118 Å². The number of hydrogen-bond donors (Lipinski definition) is 0. The highest BCUT2D eigenvalue weighted by Gasteiger charge is 2.05. The van der Waals surface area contributed by atoms with Gasteiger partial charge < -0.3 is 9.30 Å². The third kappa shape index (κ3) is 3.12. The van der Waals surface area contributed by atoms with E-state index < -0.39 is 0 Å². The van der Waals surface area contributed by atoms with E-state index in [9.17, 15) is 9.59 Å². The van der Waals surface area contributed by atoms with Crippen molar-refractivity contribution >= 4 is 21.9 Å². The number of carbonyl (C=O) groups excluding carboxylic acids is 1. The lowest BCUT2D eigenvalue weighted by Gasteiger charge is -2.06. The molecule has 0 aliphatic heterocycles. The van der Waals surface area contributed by atoms with E-state index in [4.69, 9.17) is 0 Å². The maximum atomic E-state index is 11.8. The van der Waals surface area contributed by atoms with Gasteiger partial charge in [0.25, 0.3) is 5.56 Å². The number of ether oxygens (including phenoxy) is 1. The molecule has 2 rings (SSSR count). The zero-order valence-corrected chi connectivity index (χ0v) is 11.9. The molecule has 1 heterocycles. The number of nitrogens with zero attached hydrogens (tertiary/aromatic N) is 1. The molecule has 0 amide bonds. The van der Waals surface area contributed by atoms with Crippen molar-refractivity contribution < 1.29 is 9.53 Å². The van der Waals surface area contributed by atoms with Crippen molar-refractivity contribution in [2.75, 3.05) is 7.11 Å². The molecule has 0 unspecified atom stereocenters.